The number of amides is 2. The van der Waals surface area contributed by atoms with Crippen molar-refractivity contribution in [3.05, 3.63) is 48.4 Å². The first kappa shape index (κ1) is 19.3. The monoisotopic (exact) mass is 357 g/mol. The number of aromatic nitrogens is 2. The number of nitrogens with zero attached hydrogens (tertiary/aromatic N) is 3. The highest BCUT2D eigenvalue weighted by Gasteiger charge is 2.09. The van der Waals surface area contributed by atoms with Crippen LogP contribution in [0.3, 0.4) is 0 Å². The van der Waals surface area contributed by atoms with Crippen molar-refractivity contribution in [1.82, 2.24) is 14.9 Å². The summed E-state index contributed by atoms with van der Waals surface area (Å²) in [5.74, 6) is -0.0360. The molecule has 0 fully saturated rings. The molecule has 8 nitrogen and oxygen atoms in total. The van der Waals surface area contributed by atoms with Gasteiger partial charge in [0.2, 0.25) is 0 Å². The summed E-state index contributed by atoms with van der Waals surface area (Å²) >= 11 is 0. The zero-order valence-corrected chi connectivity index (χ0v) is 14.9. The van der Waals surface area contributed by atoms with Crippen LogP contribution in [0.1, 0.15) is 24.2 Å². The van der Waals surface area contributed by atoms with E-state index < -0.39 is 6.03 Å². The van der Waals surface area contributed by atoms with Crippen LogP contribution in [0.25, 0.3) is 0 Å². The molecule has 0 aliphatic rings. The van der Waals surface area contributed by atoms with Crippen molar-refractivity contribution < 1.29 is 14.3 Å². The lowest BCUT2D eigenvalue weighted by molar-refractivity contribution is 0.0466. The molecule has 0 atom stereocenters. The van der Waals surface area contributed by atoms with Crippen molar-refractivity contribution in [2.75, 3.05) is 36.9 Å². The first-order valence-electron chi connectivity index (χ1n) is 8.46. The van der Waals surface area contributed by atoms with E-state index in [2.05, 4.69) is 39.3 Å². The van der Waals surface area contributed by atoms with Crippen LogP contribution >= 0.6 is 0 Å². The average Bonchev–Trinajstić information content (AvgIpc) is 2.66. The van der Waals surface area contributed by atoms with Crippen LogP contribution in [0.2, 0.25) is 0 Å². The summed E-state index contributed by atoms with van der Waals surface area (Å²) in [6, 6.07) is 6.05. The normalized spacial score (nSPS) is 10.4. The SMILES string of the molecule is CCN(CC)CCOC(=O)c1ccc(NC(=O)Nc2cnccn2)cc1. The Morgan fingerprint density at radius 3 is 2.42 bits per heavy atom. The highest BCUT2D eigenvalue weighted by molar-refractivity contribution is 5.99. The van der Waals surface area contributed by atoms with Crippen molar-refractivity contribution in [3.8, 4) is 0 Å². The van der Waals surface area contributed by atoms with Gasteiger partial charge in [0, 0.05) is 24.6 Å². The van der Waals surface area contributed by atoms with E-state index in [-0.39, 0.29) is 5.97 Å². The number of esters is 1. The number of carbonyl (C=O) groups is 2. The lowest BCUT2D eigenvalue weighted by Crippen LogP contribution is -2.27. The number of anilines is 2. The molecule has 0 bridgehead atoms. The van der Waals surface area contributed by atoms with Gasteiger partial charge in [0.05, 0.1) is 11.8 Å². The summed E-state index contributed by atoms with van der Waals surface area (Å²) in [4.78, 5) is 33.9. The third kappa shape index (κ3) is 6.14. The predicted molar refractivity (Wildman–Crippen MR) is 99.2 cm³/mol. The Bertz CT molecular complexity index is 703. The Kier molecular flexibility index (Phi) is 7.50. The number of hydrogen-bond donors (Lipinski definition) is 2. The fourth-order valence-corrected chi connectivity index (χ4v) is 2.22. The first-order chi connectivity index (χ1) is 12.6. The van der Waals surface area contributed by atoms with Crippen molar-refractivity contribution in [3.63, 3.8) is 0 Å². The highest BCUT2D eigenvalue weighted by Crippen LogP contribution is 2.11. The van der Waals surface area contributed by atoms with Gasteiger partial charge in [-0.05, 0) is 37.4 Å². The smallest absolute Gasteiger partial charge is 0.338 e. The van der Waals surface area contributed by atoms with Gasteiger partial charge in [0.25, 0.3) is 0 Å². The van der Waals surface area contributed by atoms with Gasteiger partial charge in [-0.3, -0.25) is 10.3 Å². The molecule has 2 amide bonds. The van der Waals surface area contributed by atoms with E-state index in [0.29, 0.717) is 30.2 Å². The Balaban J connectivity index is 1.81. The van der Waals surface area contributed by atoms with Crippen LogP contribution in [-0.4, -0.2) is 53.1 Å². The van der Waals surface area contributed by atoms with Gasteiger partial charge in [0.15, 0.2) is 5.82 Å². The van der Waals surface area contributed by atoms with Crippen molar-refractivity contribution in [2.45, 2.75) is 13.8 Å². The Hall–Kier alpha value is -3.00. The molecule has 2 aromatic rings. The van der Waals surface area contributed by atoms with Crippen molar-refractivity contribution in [2.24, 2.45) is 0 Å². The maximum Gasteiger partial charge on any atom is 0.338 e. The quantitative estimate of drug-likeness (QED) is 0.705. The van der Waals surface area contributed by atoms with Crippen LogP contribution in [0.4, 0.5) is 16.3 Å². The number of rotatable bonds is 8. The van der Waals surface area contributed by atoms with Gasteiger partial charge in [-0.2, -0.15) is 0 Å². The third-order valence-corrected chi connectivity index (χ3v) is 3.72. The first-order valence-corrected chi connectivity index (χ1v) is 8.46. The molecule has 2 N–H and O–H groups in total. The molecular formula is C18H23N5O3. The lowest BCUT2D eigenvalue weighted by Gasteiger charge is -2.17. The standard InChI is InChI=1S/C18H23N5O3/c1-3-23(4-2)11-12-26-17(24)14-5-7-15(8-6-14)21-18(25)22-16-13-19-9-10-20-16/h5-10,13H,3-4,11-12H2,1-2H3,(H2,20,21,22,25). The summed E-state index contributed by atoms with van der Waals surface area (Å²) in [5, 5.41) is 5.21. The van der Waals surface area contributed by atoms with E-state index in [4.69, 9.17) is 4.74 Å². The zero-order chi connectivity index (χ0) is 18.8. The number of likely N-dealkylation sites (N-methyl/N-ethyl adjacent to an activating group) is 1. The Morgan fingerprint density at radius 2 is 1.81 bits per heavy atom. The molecule has 26 heavy (non-hydrogen) atoms. The Morgan fingerprint density at radius 1 is 1.08 bits per heavy atom. The van der Waals surface area contributed by atoms with Gasteiger partial charge >= 0.3 is 12.0 Å². The molecule has 138 valence electrons. The molecule has 0 unspecified atom stereocenters. The number of urea groups is 1. The molecule has 0 aliphatic carbocycles. The maximum atomic E-state index is 12.0. The predicted octanol–water partition coefficient (Wildman–Crippen LogP) is 2.62. The van der Waals surface area contributed by atoms with Crippen LogP contribution < -0.4 is 10.6 Å². The summed E-state index contributed by atoms with van der Waals surface area (Å²) in [7, 11) is 0. The van der Waals surface area contributed by atoms with Gasteiger partial charge in [0.1, 0.15) is 6.61 Å². The second-order valence-electron chi connectivity index (χ2n) is 5.41. The topological polar surface area (TPSA) is 96.5 Å². The molecule has 1 aromatic heterocycles. The number of benzene rings is 1. The molecule has 0 radical (unpaired) electrons. The summed E-state index contributed by atoms with van der Waals surface area (Å²) < 4.78 is 5.27. The number of hydrogen-bond acceptors (Lipinski definition) is 6. The van der Waals surface area contributed by atoms with E-state index in [1.54, 1.807) is 24.3 Å². The second-order valence-corrected chi connectivity index (χ2v) is 5.41. The summed E-state index contributed by atoms with van der Waals surface area (Å²) in [5.41, 5.74) is 0.982. The van der Waals surface area contributed by atoms with Gasteiger partial charge in [-0.25, -0.2) is 14.6 Å². The number of carbonyl (C=O) groups excluding carboxylic acids is 2. The molecule has 0 saturated carbocycles. The molecular weight excluding hydrogens is 334 g/mol. The largest absolute Gasteiger partial charge is 0.461 e. The van der Waals surface area contributed by atoms with E-state index in [1.807, 2.05) is 0 Å². The minimum Gasteiger partial charge on any atom is -0.461 e. The van der Waals surface area contributed by atoms with Gasteiger partial charge in [-0.1, -0.05) is 13.8 Å². The van der Waals surface area contributed by atoms with Crippen LogP contribution in [-0.2, 0) is 4.74 Å². The number of ether oxygens (including phenoxy) is 1. The molecule has 1 heterocycles. The summed E-state index contributed by atoms with van der Waals surface area (Å²) in [6.45, 7) is 7.03. The molecule has 8 heteroatoms. The third-order valence-electron chi connectivity index (χ3n) is 3.72. The van der Waals surface area contributed by atoms with Crippen molar-refractivity contribution in [1.29, 1.82) is 0 Å². The fraction of sp³-hybridized carbons (Fsp3) is 0.333. The Labute approximate surface area is 152 Å². The molecule has 1 aromatic carbocycles. The van der Waals surface area contributed by atoms with Crippen molar-refractivity contribution >= 4 is 23.5 Å². The van der Waals surface area contributed by atoms with E-state index >= 15 is 0 Å². The highest BCUT2D eigenvalue weighted by atomic mass is 16.5. The minimum absolute atomic E-state index is 0.346. The number of nitrogens with one attached hydrogen (secondary N) is 2. The van der Waals surface area contributed by atoms with Crippen LogP contribution in [0, 0.1) is 0 Å². The van der Waals surface area contributed by atoms with E-state index in [1.165, 1.54) is 18.6 Å². The molecule has 2 rings (SSSR count). The molecule has 0 saturated heterocycles. The van der Waals surface area contributed by atoms with Crippen LogP contribution in [0.15, 0.2) is 42.9 Å². The second kappa shape index (κ2) is 10.1. The average molecular weight is 357 g/mol. The van der Waals surface area contributed by atoms with Gasteiger partial charge in [-0.15, -0.1) is 0 Å². The molecule has 0 aliphatic heterocycles. The zero-order valence-electron chi connectivity index (χ0n) is 14.9. The molecule has 0 spiro atoms. The van der Waals surface area contributed by atoms with Gasteiger partial charge < -0.3 is 15.0 Å². The maximum absolute atomic E-state index is 12.0. The minimum atomic E-state index is -0.444. The fourth-order valence-electron chi connectivity index (χ4n) is 2.22. The van der Waals surface area contributed by atoms with E-state index in [0.717, 1.165) is 13.1 Å². The van der Waals surface area contributed by atoms with E-state index in [9.17, 15) is 9.59 Å². The summed E-state index contributed by atoms with van der Waals surface area (Å²) in [6.07, 6.45) is 4.44. The van der Waals surface area contributed by atoms with Crippen LogP contribution in [0.5, 0.6) is 0 Å². The lowest BCUT2D eigenvalue weighted by atomic mass is 10.2.